The highest BCUT2D eigenvalue weighted by molar-refractivity contribution is 4.86. The van der Waals surface area contributed by atoms with Gasteiger partial charge in [-0.1, -0.05) is 18.6 Å². The Kier molecular flexibility index (Phi) is 3.47. The molecule has 0 bridgehead atoms. The Morgan fingerprint density at radius 2 is 2.20 bits per heavy atom. The summed E-state index contributed by atoms with van der Waals surface area (Å²) in [6.07, 6.45) is 7.77. The zero-order valence-electron chi connectivity index (χ0n) is 6.21. The van der Waals surface area contributed by atoms with E-state index in [-0.39, 0.29) is 6.61 Å². The maximum Gasteiger partial charge on any atom is 0.0612 e. The first-order chi connectivity index (χ1) is 4.93. The van der Waals surface area contributed by atoms with E-state index < -0.39 is 0 Å². The average Bonchev–Trinajstić information content (AvgIpc) is 1.84. The van der Waals surface area contributed by atoms with Crippen molar-refractivity contribution in [1.82, 2.24) is 5.32 Å². The van der Waals surface area contributed by atoms with Crippen LogP contribution in [0, 0.1) is 0 Å². The van der Waals surface area contributed by atoms with Crippen LogP contribution in [0.4, 0.5) is 0 Å². The SMILES string of the molecule is OC/C=C/CNC1CCC1. The lowest BCUT2D eigenvalue weighted by Crippen LogP contribution is -2.34. The molecule has 2 N–H and O–H groups in total. The van der Waals surface area contributed by atoms with E-state index in [0.717, 1.165) is 12.6 Å². The van der Waals surface area contributed by atoms with Gasteiger partial charge in [-0.2, -0.15) is 0 Å². The third kappa shape index (κ3) is 2.50. The summed E-state index contributed by atoms with van der Waals surface area (Å²) >= 11 is 0. The molecule has 0 amide bonds. The second-order valence-corrected chi connectivity index (χ2v) is 2.69. The molecule has 0 unspecified atom stereocenters. The molecule has 0 aromatic carbocycles. The summed E-state index contributed by atoms with van der Waals surface area (Å²) in [4.78, 5) is 0. The van der Waals surface area contributed by atoms with Gasteiger partial charge >= 0.3 is 0 Å². The Bertz CT molecular complexity index is 108. The minimum Gasteiger partial charge on any atom is -0.392 e. The van der Waals surface area contributed by atoms with Crippen molar-refractivity contribution in [3.63, 3.8) is 0 Å². The van der Waals surface area contributed by atoms with Gasteiger partial charge in [0.05, 0.1) is 6.61 Å². The largest absolute Gasteiger partial charge is 0.392 e. The van der Waals surface area contributed by atoms with E-state index in [1.54, 1.807) is 6.08 Å². The van der Waals surface area contributed by atoms with Crippen LogP contribution in [0.3, 0.4) is 0 Å². The van der Waals surface area contributed by atoms with Crippen molar-refractivity contribution in [2.45, 2.75) is 25.3 Å². The molecule has 0 aromatic heterocycles. The summed E-state index contributed by atoms with van der Waals surface area (Å²) in [6, 6.07) is 0.753. The van der Waals surface area contributed by atoms with Crippen LogP contribution in [0.1, 0.15) is 19.3 Å². The third-order valence-electron chi connectivity index (χ3n) is 1.90. The molecular formula is C8H15NO. The van der Waals surface area contributed by atoms with E-state index in [9.17, 15) is 0 Å². The van der Waals surface area contributed by atoms with Crippen LogP contribution in [-0.4, -0.2) is 24.3 Å². The summed E-state index contributed by atoms with van der Waals surface area (Å²) in [6.45, 7) is 1.07. The fourth-order valence-corrected chi connectivity index (χ4v) is 1.00. The van der Waals surface area contributed by atoms with Crippen LogP contribution in [0.15, 0.2) is 12.2 Å². The molecule has 0 atom stereocenters. The second kappa shape index (κ2) is 4.47. The highest BCUT2D eigenvalue weighted by Crippen LogP contribution is 2.17. The normalized spacial score (nSPS) is 19.7. The number of hydrogen-bond donors (Lipinski definition) is 2. The van der Waals surface area contributed by atoms with Gasteiger partial charge in [0.2, 0.25) is 0 Å². The Hall–Kier alpha value is -0.340. The molecule has 10 heavy (non-hydrogen) atoms. The molecule has 0 aliphatic heterocycles. The first kappa shape index (κ1) is 7.76. The van der Waals surface area contributed by atoms with Crippen molar-refractivity contribution in [3.05, 3.63) is 12.2 Å². The van der Waals surface area contributed by atoms with Gasteiger partial charge in [0.15, 0.2) is 0 Å². The van der Waals surface area contributed by atoms with Gasteiger partial charge in [0, 0.05) is 12.6 Å². The lowest BCUT2D eigenvalue weighted by molar-refractivity contribution is 0.339. The van der Waals surface area contributed by atoms with Crippen LogP contribution in [0.5, 0.6) is 0 Å². The maximum atomic E-state index is 8.39. The highest BCUT2D eigenvalue weighted by Gasteiger charge is 2.14. The molecule has 0 heterocycles. The van der Waals surface area contributed by atoms with Gasteiger partial charge in [0.1, 0.15) is 0 Å². The molecule has 58 valence electrons. The van der Waals surface area contributed by atoms with Crippen molar-refractivity contribution in [2.75, 3.05) is 13.2 Å². The molecule has 1 rings (SSSR count). The number of nitrogens with one attached hydrogen (secondary N) is 1. The zero-order chi connectivity index (χ0) is 7.23. The Morgan fingerprint density at radius 3 is 2.70 bits per heavy atom. The summed E-state index contributed by atoms with van der Waals surface area (Å²) in [5.41, 5.74) is 0. The van der Waals surface area contributed by atoms with Gasteiger partial charge in [-0.3, -0.25) is 0 Å². The van der Waals surface area contributed by atoms with Crippen LogP contribution < -0.4 is 5.32 Å². The zero-order valence-corrected chi connectivity index (χ0v) is 6.21. The Balaban J connectivity index is 1.89. The van der Waals surface area contributed by atoms with Crippen molar-refractivity contribution >= 4 is 0 Å². The summed E-state index contributed by atoms with van der Waals surface area (Å²) < 4.78 is 0. The molecule has 1 saturated carbocycles. The molecule has 0 radical (unpaired) electrons. The topological polar surface area (TPSA) is 32.3 Å². The fraction of sp³-hybridized carbons (Fsp3) is 0.750. The van der Waals surface area contributed by atoms with E-state index in [1.165, 1.54) is 19.3 Å². The van der Waals surface area contributed by atoms with Crippen molar-refractivity contribution in [2.24, 2.45) is 0 Å². The van der Waals surface area contributed by atoms with E-state index in [2.05, 4.69) is 5.32 Å². The highest BCUT2D eigenvalue weighted by atomic mass is 16.2. The monoisotopic (exact) mass is 141 g/mol. The summed E-state index contributed by atoms with van der Waals surface area (Å²) in [5.74, 6) is 0. The molecule has 0 aromatic rings. The first-order valence-electron chi connectivity index (χ1n) is 3.92. The lowest BCUT2D eigenvalue weighted by atomic mass is 9.93. The van der Waals surface area contributed by atoms with Crippen LogP contribution in [-0.2, 0) is 0 Å². The van der Waals surface area contributed by atoms with Crippen LogP contribution in [0.25, 0.3) is 0 Å². The van der Waals surface area contributed by atoms with Gasteiger partial charge in [-0.05, 0) is 12.8 Å². The molecule has 1 aliphatic rings. The Morgan fingerprint density at radius 1 is 1.40 bits per heavy atom. The molecule has 0 saturated heterocycles. The van der Waals surface area contributed by atoms with Crippen LogP contribution in [0.2, 0.25) is 0 Å². The lowest BCUT2D eigenvalue weighted by Gasteiger charge is -2.25. The number of hydrogen-bond acceptors (Lipinski definition) is 2. The fourth-order valence-electron chi connectivity index (χ4n) is 1.00. The van der Waals surface area contributed by atoms with Gasteiger partial charge in [-0.25, -0.2) is 0 Å². The quantitative estimate of drug-likeness (QED) is 0.564. The molecule has 2 heteroatoms. The Labute approximate surface area is 61.9 Å². The van der Waals surface area contributed by atoms with Gasteiger partial charge in [-0.15, -0.1) is 0 Å². The molecule has 1 aliphatic carbocycles. The molecule has 1 fully saturated rings. The standard InChI is InChI=1S/C8H15NO/c10-7-2-1-6-9-8-4-3-5-8/h1-2,8-10H,3-7H2/b2-1+. The third-order valence-corrected chi connectivity index (χ3v) is 1.90. The summed E-state index contributed by atoms with van der Waals surface area (Å²) in [7, 11) is 0. The van der Waals surface area contributed by atoms with Crippen LogP contribution >= 0.6 is 0 Å². The van der Waals surface area contributed by atoms with Crippen molar-refractivity contribution < 1.29 is 5.11 Å². The minimum atomic E-state index is 0.159. The molecule has 2 nitrogen and oxygen atoms in total. The van der Waals surface area contributed by atoms with Gasteiger partial charge < -0.3 is 10.4 Å². The van der Waals surface area contributed by atoms with Crippen molar-refractivity contribution in [3.8, 4) is 0 Å². The number of rotatable bonds is 4. The maximum absolute atomic E-state index is 8.39. The minimum absolute atomic E-state index is 0.159. The van der Waals surface area contributed by atoms with Crippen molar-refractivity contribution in [1.29, 1.82) is 0 Å². The average molecular weight is 141 g/mol. The van der Waals surface area contributed by atoms with E-state index in [0.29, 0.717) is 0 Å². The van der Waals surface area contributed by atoms with E-state index in [1.807, 2.05) is 6.08 Å². The number of aliphatic hydroxyl groups excluding tert-OH is 1. The number of aliphatic hydroxyl groups is 1. The molecule has 0 spiro atoms. The smallest absolute Gasteiger partial charge is 0.0612 e. The first-order valence-corrected chi connectivity index (χ1v) is 3.92. The summed E-state index contributed by atoms with van der Waals surface area (Å²) in [5, 5.41) is 11.7. The van der Waals surface area contributed by atoms with E-state index >= 15 is 0 Å². The second-order valence-electron chi connectivity index (χ2n) is 2.69. The molecular weight excluding hydrogens is 126 g/mol. The van der Waals surface area contributed by atoms with E-state index in [4.69, 9.17) is 5.11 Å². The van der Waals surface area contributed by atoms with Gasteiger partial charge in [0.25, 0.3) is 0 Å². The predicted molar refractivity (Wildman–Crippen MR) is 41.9 cm³/mol. The predicted octanol–water partition coefficient (Wildman–Crippen LogP) is 0.677.